The van der Waals surface area contributed by atoms with E-state index in [1.165, 1.54) is 0 Å². The Hall–Kier alpha value is -0.260. The largest absolute Gasteiger partial charge is 0.439 e. The molecule has 0 bridgehead atoms. The number of amides is 1. The summed E-state index contributed by atoms with van der Waals surface area (Å²) in [6, 6.07) is 0. The van der Waals surface area contributed by atoms with E-state index in [-0.39, 0.29) is 0 Å². The van der Waals surface area contributed by atoms with E-state index in [1.807, 2.05) is 0 Å². The molecule has 0 aromatic heterocycles. The van der Waals surface area contributed by atoms with Crippen molar-refractivity contribution < 1.29 is 9.53 Å². The van der Waals surface area contributed by atoms with E-state index in [0.717, 1.165) is 0 Å². The van der Waals surface area contributed by atoms with Crippen LogP contribution in [-0.4, -0.2) is 11.7 Å². The van der Waals surface area contributed by atoms with Crippen molar-refractivity contribution in [3.8, 4) is 0 Å². The van der Waals surface area contributed by atoms with Crippen LogP contribution >= 0.6 is 22.9 Å². The van der Waals surface area contributed by atoms with Crippen molar-refractivity contribution in [2.45, 2.75) is 19.4 Å². The van der Waals surface area contributed by atoms with Gasteiger partial charge in [0.1, 0.15) is 5.60 Å². The molecule has 0 aliphatic heterocycles. The Kier molecular flexibility index (Phi) is 3.70. The van der Waals surface area contributed by atoms with Crippen molar-refractivity contribution in [1.82, 2.24) is 3.53 Å². The summed E-state index contributed by atoms with van der Waals surface area (Å²) in [4.78, 5) is 10.6. The van der Waals surface area contributed by atoms with Crippen LogP contribution in [0.2, 0.25) is 0 Å². The molecule has 0 radical (unpaired) electrons. The van der Waals surface area contributed by atoms with Crippen LogP contribution in [0.4, 0.5) is 4.79 Å². The molecule has 3 nitrogen and oxygen atoms in total. The fraction of sp³-hybridized carbons (Fsp3) is 0.500. The highest BCUT2D eigenvalue weighted by Crippen LogP contribution is 2.09. The number of nitrogens with one attached hydrogen (secondary N) is 1. The van der Waals surface area contributed by atoms with Crippen molar-refractivity contribution in [2.24, 2.45) is 0 Å². The fourth-order valence-corrected chi connectivity index (χ4v) is 0.410. The quantitative estimate of drug-likeness (QED) is 0.465. The molecule has 0 aliphatic carbocycles. The average molecular weight is 255 g/mol. The first-order chi connectivity index (χ1) is 4.52. The molecule has 1 N–H and O–H groups in total. The Balaban J connectivity index is 3.88. The molecule has 0 saturated carbocycles. The second kappa shape index (κ2) is 3.80. The van der Waals surface area contributed by atoms with Crippen LogP contribution in [0.1, 0.15) is 13.8 Å². The predicted molar refractivity (Wildman–Crippen MR) is 47.9 cm³/mol. The molecule has 0 aromatic carbocycles. The molecule has 0 aromatic rings. The molecule has 0 spiro atoms. The molecule has 58 valence electrons. The number of hydrogen-bond donors (Lipinski definition) is 1. The van der Waals surface area contributed by atoms with Crippen molar-refractivity contribution >= 4 is 29.0 Å². The van der Waals surface area contributed by atoms with Gasteiger partial charge in [-0.25, -0.2) is 4.79 Å². The highest BCUT2D eigenvalue weighted by atomic mass is 127. The van der Waals surface area contributed by atoms with E-state index in [4.69, 9.17) is 4.74 Å². The molecular formula is C6H10INO2. The summed E-state index contributed by atoms with van der Waals surface area (Å²) >= 11 is 1.71. The molecule has 0 rings (SSSR count). The van der Waals surface area contributed by atoms with Gasteiger partial charge in [-0.1, -0.05) is 6.58 Å². The minimum atomic E-state index is -0.588. The first-order valence-corrected chi connectivity index (χ1v) is 3.83. The van der Waals surface area contributed by atoms with E-state index in [9.17, 15) is 4.79 Å². The Morgan fingerprint density at radius 1 is 1.80 bits per heavy atom. The number of hydrogen-bond acceptors (Lipinski definition) is 2. The van der Waals surface area contributed by atoms with Crippen LogP contribution in [0.3, 0.4) is 0 Å². The van der Waals surface area contributed by atoms with Crippen molar-refractivity contribution in [2.75, 3.05) is 0 Å². The summed E-state index contributed by atoms with van der Waals surface area (Å²) < 4.78 is 7.18. The van der Waals surface area contributed by atoms with Gasteiger partial charge in [0.05, 0.1) is 22.9 Å². The van der Waals surface area contributed by atoms with E-state index in [2.05, 4.69) is 10.1 Å². The molecule has 0 saturated heterocycles. The van der Waals surface area contributed by atoms with Gasteiger partial charge in [0.15, 0.2) is 0 Å². The molecular weight excluding hydrogens is 245 g/mol. The van der Waals surface area contributed by atoms with Gasteiger partial charge in [-0.3, -0.25) is 3.53 Å². The van der Waals surface area contributed by atoms with Crippen molar-refractivity contribution in [3.63, 3.8) is 0 Å². The van der Waals surface area contributed by atoms with Crippen molar-refractivity contribution in [1.29, 1.82) is 0 Å². The number of ether oxygens (including phenoxy) is 1. The number of halogens is 1. The van der Waals surface area contributed by atoms with E-state index in [0.29, 0.717) is 0 Å². The molecule has 0 aliphatic rings. The van der Waals surface area contributed by atoms with Crippen LogP contribution < -0.4 is 3.53 Å². The molecule has 10 heavy (non-hydrogen) atoms. The molecule has 0 heterocycles. The summed E-state index contributed by atoms with van der Waals surface area (Å²) in [6.45, 7) is 7.02. The smallest absolute Gasteiger partial charge is 0.416 e. The summed E-state index contributed by atoms with van der Waals surface area (Å²) in [6.07, 6.45) is 1.12. The zero-order valence-corrected chi connectivity index (χ0v) is 8.14. The fourth-order valence-electron chi connectivity index (χ4n) is 0.300. The zero-order chi connectivity index (χ0) is 8.20. The molecule has 0 unspecified atom stereocenters. The molecule has 1 amide bonds. The second-order valence-corrected chi connectivity index (χ2v) is 2.83. The minimum Gasteiger partial charge on any atom is -0.439 e. The van der Waals surface area contributed by atoms with E-state index >= 15 is 0 Å². The monoisotopic (exact) mass is 255 g/mol. The summed E-state index contributed by atoms with van der Waals surface area (Å²) in [5.74, 6) is 0. The number of carbonyl (C=O) groups is 1. The van der Waals surface area contributed by atoms with Crippen molar-refractivity contribution in [3.05, 3.63) is 12.7 Å². The lowest BCUT2D eigenvalue weighted by Crippen LogP contribution is -2.28. The summed E-state index contributed by atoms with van der Waals surface area (Å²) in [5, 5.41) is 0. The van der Waals surface area contributed by atoms with Gasteiger partial charge in [0, 0.05) is 0 Å². The lowest BCUT2D eigenvalue weighted by atomic mass is 10.1. The van der Waals surface area contributed by atoms with Gasteiger partial charge >= 0.3 is 6.09 Å². The highest BCUT2D eigenvalue weighted by molar-refractivity contribution is 14.1. The van der Waals surface area contributed by atoms with Gasteiger partial charge < -0.3 is 4.74 Å². The summed E-state index contributed by atoms with van der Waals surface area (Å²) in [7, 11) is 0. The van der Waals surface area contributed by atoms with Crippen LogP contribution in [0.25, 0.3) is 0 Å². The third-order valence-electron chi connectivity index (χ3n) is 0.924. The number of carbonyl (C=O) groups excluding carboxylic acids is 1. The number of rotatable bonds is 2. The molecule has 4 heteroatoms. The minimum absolute atomic E-state index is 0.453. The Bertz CT molecular complexity index is 145. The lowest BCUT2D eigenvalue weighted by Gasteiger charge is -2.19. The average Bonchev–Trinajstić information content (AvgIpc) is 1.87. The third-order valence-corrected chi connectivity index (χ3v) is 1.36. The zero-order valence-electron chi connectivity index (χ0n) is 5.98. The topological polar surface area (TPSA) is 38.3 Å². The normalized spacial score (nSPS) is 10.3. The van der Waals surface area contributed by atoms with Crippen LogP contribution in [0.15, 0.2) is 12.7 Å². The van der Waals surface area contributed by atoms with Crippen LogP contribution in [-0.2, 0) is 4.74 Å². The summed E-state index contributed by atoms with van der Waals surface area (Å²) in [5.41, 5.74) is -0.588. The van der Waals surface area contributed by atoms with E-state index < -0.39 is 11.7 Å². The second-order valence-electron chi connectivity index (χ2n) is 2.29. The van der Waals surface area contributed by atoms with Gasteiger partial charge in [-0.2, -0.15) is 0 Å². The first-order valence-electron chi connectivity index (χ1n) is 2.75. The van der Waals surface area contributed by atoms with Gasteiger partial charge in [0.25, 0.3) is 0 Å². The SMILES string of the molecule is C=CC(C)(C)OC(=O)NI. The van der Waals surface area contributed by atoms with E-state index in [1.54, 1.807) is 42.8 Å². The Morgan fingerprint density at radius 3 is 2.60 bits per heavy atom. The van der Waals surface area contributed by atoms with Crippen LogP contribution in [0, 0.1) is 0 Å². The van der Waals surface area contributed by atoms with Crippen LogP contribution in [0.5, 0.6) is 0 Å². The first kappa shape index (κ1) is 9.74. The lowest BCUT2D eigenvalue weighted by molar-refractivity contribution is 0.0785. The third kappa shape index (κ3) is 3.71. The van der Waals surface area contributed by atoms with Gasteiger partial charge in [-0.05, 0) is 19.9 Å². The molecule has 0 fully saturated rings. The predicted octanol–water partition coefficient (Wildman–Crippen LogP) is 2.03. The Labute approximate surface area is 74.3 Å². The molecule has 0 atom stereocenters. The highest BCUT2D eigenvalue weighted by Gasteiger charge is 2.17. The Morgan fingerprint density at radius 2 is 2.30 bits per heavy atom. The standard InChI is InChI=1S/C6H10INO2/c1-4-6(2,3)10-5(9)8-7/h4H,1H2,2-3H3,(H,8,9). The van der Waals surface area contributed by atoms with Gasteiger partial charge in [0.2, 0.25) is 0 Å². The van der Waals surface area contributed by atoms with Gasteiger partial charge in [-0.15, -0.1) is 0 Å². The maximum absolute atomic E-state index is 10.6. The maximum atomic E-state index is 10.6. The maximum Gasteiger partial charge on any atom is 0.416 e.